The Morgan fingerprint density at radius 2 is 1.84 bits per heavy atom. The van der Waals surface area contributed by atoms with Gasteiger partial charge in [-0.25, -0.2) is 0 Å². The lowest BCUT2D eigenvalue weighted by atomic mass is 9.62. The predicted octanol–water partition coefficient (Wildman–Crippen LogP) is 3.78. The molecule has 2 aliphatic rings. The van der Waals surface area contributed by atoms with Gasteiger partial charge in [0.1, 0.15) is 0 Å². The topological polar surface area (TPSA) is 29.1 Å². The summed E-state index contributed by atoms with van der Waals surface area (Å²) < 4.78 is 0. The van der Waals surface area contributed by atoms with Crippen molar-refractivity contribution in [2.75, 3.05) is 6.54 Å². The van der Waals surface area contributed by atoms with Gasteiger partial charge in [-0.3, -0.25) is 4.79 Å². The van der Waals surface area contributed by atoms with Crippen LogP contribution in [0.1, 0.15) is 55.3 Å². The van der Waals surface area contributed by atoms with Crippen LogP contribution in [-0.2, 0) is 0 Å². The van der Waals surface area contributed by atoms with E-state index in [1.165, 1.54) is 44.9 Å². The molecule has 1 amide bonds. The number of benzene rings is 1. The third-order valence-corrected chi connectivity index (χ3v) is 5.02. The molecule has 1 aromatic carbocycles. The number of fused-ring (bicyclic) bond motifs is 2. The maximum atomic E-state index is 12.1. The van der Waals surface area contributed by atoms with Gasteiger partial charge in [-0.1, -0.05) is 43.9 Å². The maximum absolute atomic E-state index is 12.1. The van der Waals surface area contributed by atoms with Crippen LogP contribution in [0.3, 0.4) is 0 Å². The summed E-state index contributed by atoms with van der Waals surface area (Å²) in [5.74, 6) is 1.01. The number of rotatable bonds is 3. The fourth-order valence-corrected chi connectivity index (χ4v) is 4.03. The Balaban J connectivity index is 1.61. The van der Waals surface area contributed by atoms with Crippen LogP contribution in [0.2, 0.25) is 0 Å². The number of hydrogen-bond acceptors (Lipinski definition) is 1. The van der Waals surface area contributed by atoms with Crippen molar-refractivity contribution in [3.05, 3.63) is 35.9 Å². The molecule has 1 aromatic rings. The molecule has 0 aliphatic heterocycles. The van der Waals surface area contributed by atoms with Crippen LogP contribution in [0, 0.1) is 11.3 Å². The zero-order valence-corrected chi connectivity index (χ0v) is 11.5. The van der Waals surface area contributed by atoms with Gasteiger partial charge < -0.3 is 5.32 Å². The lowest BCUT2D eigenvalue weighted by Gasteiger charge is -2.45. The zero-order valence-electron chi connectivity index (χ0n) is 11.5. The van der Waals surface area contributed by atoms with Crippen LogP contribution in [-0.4, -0.2) is 12.5 Å². The molecule has 0 unspecified atom stereocenters. The average molecular weight is 257 g/mol. The maximum Gasteiger partial charge on any atom is 0.251 e. The van der Waals surface area contributed by atoms with Gasteiger partial charge in [0.2, 0.25) is 0 Å². The Morgan fingerprint density at radius 1 is 1.16 bits per heavy atom. The highest BCUT2D eigenvalue weighted by Crippen LogP contribution is 2.48. The molecule has 19 heavy (non-hydrogen) atoms. The van der Waals surface area contributed by atoms with Crippen molar-refractivity contribution in [2.45, 2.75) is 44.9 Å². The van der Waals surface area contributed by atoms with E-state index in [2.05, 4.69) is 5.32 Å². The minimum absolute atomic E-state index is 0.0858. The summed E-state index contributed by atoms with van der Waals surface area (Å²) in [5.41, 5.74) is 1.19. The van der Waals surface area contributed by atoms with E-state index in [1.54, 1.807) is 0 Å². The van der Waals surface area contributed by atoms with Gasteiger partial charge in [0.15, 0.2) is 0 Å². The Morgan fingerprint density at radius 3 is 2.53 bits per heavy atom. The molecule has 3 rings (SSSR count). The van der Waals surface area contributed by atoms with Crippen molar-refractivity contribution in [1.82, 2.24) is 5.32 Å². The predicted molar refractivity (Wildman–Crippen MR) is 77.0 cm³/mol. The molecule has 0 atom stereocenters. The van der Waals surface area contributed by atoms with Gasteiger partial charge in [-0.2, -0.15) is 0 Å². The Bertz CT molecular complexity index is 430. The third-order valence-electron chi connectivity index (χ3n) is 5.02. The SMILES string of the molecule is O=C(NCC12CCCC(CCC1)C2)c1ccccc1. The van der Waals surface area contributed by atoms with Gasteiger partial charge in [0.05, 0.1) is 0 Å². The van der Waals surface area contributed by atoms with Gasteiger partial charge >= 0.3 is 0 Å². The number of nitrogens with one attached hydrogen (secondary N) is 1. The summed E-state index contributed by atoms with van der Waals surface area (Å²) in [4.78, 5) is 12.1. The van der Waals surface area contributed by atoms with Crippen molar-refractivity contribution in [1.29, 1.82) is 0 Å². The summed E-state index contributed by atoms with van der Waals surface area (Å²) in [6.07, 6.45) is 9.47. The van der Waals surface area contributed by atoms with Crippen molar-refractivity contribution in [3.63, 3.8) is 0 Å². The lowest BCUT2D eigenvalue weighted by Crippen LogP contribution is -2.42. The lowest BCUT2D eigenvalue weighted by molar-refractivity contribution is 0.0681. The highest BCUT2D eigenvalue weighted by atomic mass is 16.1. The van der Waals surface area contributed by atoms with E-state index in [4.69, 9.17) is 0 Å². The first kappa shape index (κ1) is 12.7. The minimum atomic E-state index is 0.0858. The Kier molecular flexibility index (Phi) is 3.58. The van der Waals surface area contributed by atoms with E-state index < -0.39 is 0 Å². The van der Waals surface area contributed by atoms with Crippen LogP contribution < -0.4 is 5.32 Å². The molecule has 0 aromatic heterocycles. The highest BCUT2D eigenvalue weighted by Gasteiger charge is 2.39. The minimum Gasteiger partial charge on any atom is -0.351 e. The van der Waals surface area contributed by atoms with E-state index in [9.17, 15) is 4.79 Å². The van der Waals surface area contributed by atoms with Gasteiger partial charge in [-0.05, 0) is 42.7 Å². The van der Waals surface area contributed by atoms with E-state index in [1.807, 2.05) is 30.3 Å². The second kappa shape index (κ2) is 5.36. The number of carbonyl (C=O) groups is 1. The van der Waals surface area contributed by atoms with Crippen LogP contribution in [0.5, 0.6) is 0 Å². The monoisotopic (exact) mass is 257 g/mol. The molecule has 0 radical (unpaired) electrons. The zero-order chi connectivity index (χ0) is 13.1. The summed E-state index contributed by atoms with van der Waals surface area (Å²) in [6, 6.07) is 9.56. The summed E-state index contributed by atoms with van der Waals surface area (Å²) in [5, 5.41) is 3.18. The van der Waals surface area contributed by atoms with Crippen LogP contribution in [0.25, 0.3) is 0 Å². The van der Waals surface area contributed by atoms with Crippen molar-refractivity contribution < 1.29 is 4.79 Å². The first-order valence-corrected chi connectivity index (χ1v) is 7.61. The number of amides is 1. The first-order chi connectivity index (χ1) is 9.27. The third kappa shape index (κ3) is 2.83. The molecular weight excluding hydrogens is 234 g/mol. The van der Waals surface area contributed by atoms with E-state index in [-0.39, 0.29) is 5.91 Å². The van der Waals surface area contributed by atoms with Gasteiger partial charge in [-0.15, -0.1) is 0 Å². The quantitative estimate of drug-likeness (QED) is 0.877. The Hall–Kier alpha value is -1.31. The smallest absolute Gasteiger partial charge is 0.251 e. The summed E-state index contributed by atoms with van der Waals surface area (Å²) >= 11 is 0. The van der Waals surface area contributed by atoms with Gasteiger partial charge in [0, 0.05) is 12.1 Å². The van der Waals surface area contributed by atoms with E-state index in [0.717, 1.165) is 18.0 Å². The summed E-state index contributed by atoms with van der Waals surface area (Å²) in [7, 11) is 0. The normalized spacial score (nSPS) is 29.8. The van der Waals surface area contributed by atoms with Crippen molar-refractivity contribution in [3.8, 4) is 0 Å². The molecule has 2 heteroatoms. The molecule has 0 saturated heterocycles. The molecule has 2 aliphatic carbocycles. The first-order valence-electron chi connectivity index (χ1n) is 7.61. The Labute approximate surface area is 115 Å². The molecular formula is C17H23NO. The molecule has 0 heterocycles. The second-order valence-corrected chi connectivity index (χ2v) is 6.40. The standard InChI is InChI=1S/C17H23NO/c19-16(15-8-2-1-3-9-15)18-13-17-10-4-6-14(12-17)7-5-11-17/h1-3,8-9,14H,4-7,10-13H2,(H,18,19). The molecule has 1 N–H and O–H groups in total. The molecule has 2 bridgehead atoms. The van der Waals surface area contributed by atoms with Crippen molar-refractivity contribution in [2.24, 2.45) is 11.3 Å². The highest BCUT2D eigenvalue weighted by molar-refractivity contribution is 5.94. The average Bonchev–Trinajstić information content (AvgIpc) is 2.46. The molecule has 102 valence electrons. The largest absolute Gasteiger partial charge is 0.351 e. The number of carbonyl (C=O) groups excluding carboxylic acids is 1. The summed E-state index contributed by atoms with van der Waals surface area (Å²) in [6.45, 7) is 0.872. The molecule has 2 saturated carbocycles. The molecule has 2 nitrogen and oxygen atoms in total. The van der Waals surface area contributed by atoms with Gasteiger partial charge in [0.25, 0.3) is 5.91 Å². The van der Waals surface area contributed by atoms with Crippen LogP contribution >= 0.6 is 0 Å². The number of hydrogen-bond donors (Lipinski definition) is 1. The van der Waals surface area contributed by atoms with E-state index in [0.29, 0.717) is 5.41 Å². The van der Waals surface area contributed by atoms with E-state index >= 15 is 0 Å². The van der Waals surface area contributed by atoms with Crippen LogP contribution in [0.4, 0.5) is 0 Å². The molecule has 0 spiro atoms. The van der Waals surface area contributed by atoms with Crippen LogP contribution in [0.15, 0.2) is 30.3 Å². The fraction of sp³-hybridized carbons (Fsp3) is 0.588. The molecule has 2 fully saturated rings. The second-order valence-electron chi connectivity index (χ2n) is 6.40. The fourth-order valence-electron chi connectivity index (χ4n) is 4.03. The van der Waals surface area contributed by atoms with Crippen molar-refractivity contribution >= 4 is 5.91 Å².